The van der Waals surface area contributed by atoms with E-state index >= 15 is 0 Å². The molecule has 0 atom stereocenters. The maximum atomic E-state index is 13.2. The van der Waals surface area contributed by atoms with Crippen molar-refractivity contribution < 1.29 is 24.2 Å². The molecule has 1 aliphatic heterocycles. The minimum absolute atomic E-state index is 0.0109. The summed E-state index contributed by atoms with van der Waals surface area (Å²) in [4.78, 5) is 26.4. The standard InChI is InChI=1S/C32H32BrNO5/c33-23-11-9-22(10-12-23)32(39-20-29(35)36)15-13-31(14-16-32)17-18-34(21-31)30(37)38-19-28-26-7-3-1-5-24(26)25-6-2-4-8-27(25)28/h1-12,28H,13-21H2,(H,35,36). The number of carboxylic acid groups (broad SMARTS) is 1. The number of carbonyl (C=O) groups is 2. The van der Waals surface area contributed by atoms with Crippen molar-refractivity contribution >= 4 is 28.0 Å². The highest BCUT2D eigenvalue weighted by Gasteiger charge is 2.48. The molecule has 3 aliphatic rings. The number of rotatable bonds is 6. The maximum absolute atomic E-state index is 13.2. The Balaban J connectivity index is 1.10. The van der Waals surface area contributed by atoms with Crippen LogP contribution in [0.5, 0.6) is 0 Å². The summed E-state index contributed by atoms with van der Waals surface area (Å²) < 4.78 is 13.0. The molecule has 0 radical (unpaired) electrons. The van der Waals surface area contributed by atoms with E-state index in [0.717, 1.165) is 42.1 Å². The summed E-state index contributed by atoms with van der Waals surface area (Å²) in [5.74, 6) is -0.917. The highest BCUT2D eigenvalue weighted by molar-refractivity contribution is 9.10. The normalized spacial score (nSPS) is 24.0. The SMILES string of the molecule is O=C(O)COC1(c2ccc(Br)cc2)CCC2(CCN(C(=O)OCC3c4ccccc4-c4ccccc43)C2)CC1. The average Bonchev–Trinajstić information content (AvgIpc) is 3.52. The minimum Gasteiger partial charge on any atom is -0.480 e. The van der Waals surface area contributed by atoms with E-state index in [1.807, 2.05) is 41.3 Å². The molecule has 3 aromatic rings. The fourth-order valence-corrected chi connectivity index (χ4v) is 7.10. The van der Waals surface area contributed by atoms with E-state index in [0.29, 0.717) is 19.7 Å². The van der Waals surface area contributed by atoms with Gasteiger partial charge < -0.3 is 19.5 Å². The lowest BCUT2D eigenvalue weighted by Gasteiger charge is -2.44. The Morgan fingerprint density at radius 1 is 0.872 bits per heavy atom. The maximum Gasteiger partial charge on any atom is 0.409 e. The van der Waals surface area contributed by atoms with E-state index in [1.165, 1.54) is 22.3 Å². The van der Waals surface area contributed by atoms with Crippen LogP contribution in [0.4, 0.5) is 4.79 Å². The van der Waals surface area contributed by atoms with Crippen molar-refractivity contribution in [3.63, 3.8) is 0 Å². The van der Waals surface area contributed by atoms with E-state index < -0.39 is 11.6 Å². The van der Waals surface area contributed by atoms with Crippen molar-refractivity contribution in [3.8, 4) is 11.1 Å². The highest BCUT2D eigenvalue weighted by atomic mass is 79.9. The van der Waals surface area contributed by atoms with Gasteiger partial charge in [0.1, 0.15) is 13.2 Å². The van der Waals surface area contributed by atoms with Crippen LogP contribution >= 0.6 is 15.9 Å². The van der Waals surface area contributed by atoms with Crippen LogP contribution in [-0.2, 0) is 19.9 Å². The van der Waals surface area contributed by atoms with Gasteiger partial charge >= 0.3 is 12.1 Å². The molecule has 1 saturated heterocycles. The fourth-order valence-electron chi connectivity index (χ4n) is 6.84. The van der Waals surface area contributed by atoms with Crippen LogP contribution in [0, 0.1) is 5.41 Å². The van der Waals surface area contributed by atoms with Gasteiger partial charge in [-0.05, 0) is 77.5 Å². The third kappa shape index (κ3) is 4.98. The molecule has 1 spiro atoms. The van der Waals surface area contributed by atoms with E-state index in [2.05, 4.69) is 52.3 Å². The van der Waals surface area contributed by atoms with Crippen LogP contribution in [0.3, 0.4) is 0 Å². The highest BCUT2D eigenvalue weighted by Crippen LogP contribution is 2.52. The zero-order valence-corrected chi connectivity index (χ0v) is 23.4. The first-order chi connectivity index (χ1) is 18.9. The monoisotopic (exact) mass is 589 g/mol. The third-order valence-electron chi connectivity index (χ3n) is 8.99. The molecule has 6 nitrogen and oxygen atoms in total. The predicted octanol–water partition coefficient (Wildman–Crippen LogP) is 6.96. The number of likely N-dealkylation sites (tertiary alicyclic amines) is 1. The molecular weight excluding hydrogens is 558 g/mol. The van der Waals surface area contributed by atoms with Crippen molar-refractivity contribution in [2.75, 3.05) is 26.3 Å². The van der Waals surface area contributed by atoms with Gasteiger partial charge in [-0.2, -0.15) is 0 Å². The molecule has 1 heterocycles. The largest absolute Gasteiger partial charge is 0.480 e. The number of benzene rings is 3. The van der Waals surface area contributed by atoms with Crippen LogP contribution in [0.1, 0.15) is 54.7 Å². The van der Waals surface area contributed by atoms with Crippen LogP contribution in [0.25, 0.3) is 11.1 Å². The first-order valence-electron chi connectivity index (χ1n) is 13.6. The fraction of sp³-hybridized carbons (Fsp3) is 0.375. The van der Waals surface area contributed by atoms with Gasteiger partial charge in [0.05, 0.1) is 5.60 Å². The quantitative estimate of drug-likeness (QED) is 0.336. The third-order valence-corrected chi connectivity index (χ3v) is 9.52. The summed E-state index contributed by atoms with van der Waals surface area (Å²) in [7, 11) is 0. The van der Waals surface area contributed by atoms with Gasteiger partial charge in [-0.25, -0.2) is 9.59 Å². The summed E-state index contributed by atoms with van der Waals surface area (Å²) in [6.45, 7) is 1.35. The Bertz CT molecular complexity index is 1330. The molecule has 3 aromatic carbocycles. The van der Waals surface area contributed by atoms with E-state index in [4.69, 9.17) is 9.47 Å². The topological polar surface area (TPSA) is 76.1 Å². The summed E-state index contributed by atoms with van der Waals surface area (Å²) in [5, 5.41) is 9.30. The van der Waals surface area contributed by atoms with Crippen molar-refractivity contribution in [3.05, 3.63) is 94.0 Å². The smallest absolute Gasteiger partial charge is 0.409 e. The van der Waals surface area contributed by atoms with Gasteiger partial charge in [0.2, 0.25) is 0 Å². The zero-order chi connectivity index (χ0) is 27.0. The van der Waals surface area contributed by atoms with Crippen LogP contribution in [-0.4, -0.2) is 48.4 Å². The minimum atomic E-state index is -0.964. The Labute approximate surface area is 237 Å². The molecule has 1 saturated carbocycles. The Hall–Kier alpha value is -3.16. The van der Waals surface area contributed by atoms with Crippen LogP contribution in [0.15, 0.2) is 77.3 Å². The summed E-state index contributed by atoms with van der Waals surface area (Å²) >= 11 is 3.48. The van der Waals surface area contributed by atoms with Crippen molar-refractivity contribution in [2.24, 2.45) is 5.41 Å². The van der Waals surface area contributed by atoms with Gasteiger partial charge in [0.15, 0.2) is 0 Å². The summed E-state index contributed by atoms with van der Waals surface area (Å²) in [5.41, 5.74) is 5.25. The van der Waals surface area contributed by atoms with Crippen molar-refractivity contribution in [1.82, 2.24) is 4.90 Å². The second kappa shape index (κ2) is 10.4. The van der Waals surface area contributed by atoms with Crippen molar-refractivity contribution in [2.45, 2.75) is 43.6 Å². The number of aliphatic carboxylic acids is 1. The number of nitrogens with zero attached hydrogens (tertiary/aromatic N) is 1. The molecule has 2 aliphatic carbocycles. The summed E-state index contributed by atoms with van der Waals surface area (Å²) in [6.07, 6.45) is 3.86. The Morgan fingerprint density at radius 3 is 2.10 bits per heavy atom. The van der Waals surface area contributed by atoms with Gasteiger partial charge in [-0.3, -0.25) is 0 Å². The number of ether oxygens (including phenoxy) is 2. The molecule has 0 unspecified atom stereocenters. The first-order valence-corrected chi connectivity index (χ1v) is 14.4. The zero-order valence-electron chi connectivity index (χ0n) is 21.8. The number of amides is 1. The molecule has 7 heteroatoms. The second-order valence-corrected chi connectivity index (χ2v) is 12.1. The van der Waals surface area contributed by atoms with Crippen molar-refractivity contribution in [1.29, 1.82) is 0 Å². The Kier molecular flexibility index (Phi) is 6.98. The van der Waals surface area contributed by atoms with E-state index in [9.17, 15) is 14.7 Å². The lowest BCUT2D eigenvalue weighted by atomic mass is 9.66. The predicted molar refractivity (Wildman–Crippen MR) is 152 cm³/mol. The molecular formula is C32H32BrNO5. The Morgan fingerprint density at radius 2 is 1.49 bits per heavy atom. The van der Waals surface area contributed by atoms with E-state index in [1.54, 1.807) is 0 Å². The van der Waals surface area contributed by atoms with Gasteiger partial charge in [0.25, 0.3) is 0 Å². The van der Waals surface area contributed by atoms with Crippen LogP contribution < -0.4 is 0 Å². The number of hydrogen-bond donors (Lipinski definition) is 1. The number of halogens is 1. The number of hydrogen-bond acceptors (Lipinski definition) is 4. The molecule has 1 N–H and O–H groups in total. The lowest BCUT2D eigenvalue weighted by molar-refractivity contribution is -0.156. The van der Waals surface area contributed by atoms with Gasteiger partial charge in [-0.1, -0.05) is 76.6 Å². The molecule has 2 fully saturated rings. The number of fused-ring (bicyclic) bond motifs is 3. The lowest BCUT2D eigenvalue weighted by Crippen LogP contribution is -2.42. The number of carbonyl (C=O) groups excluding carboxylic acids is 1. The average molecular weight is 591 g/mol. The molecule has 6 rings (SSSR count). The molecule has 0 bridgehead atoms. The first kappa shape index (κ1) is 26.1. The number of carboxylic acids is 1. The second-order valence-electron chi connectivity index (χ2n) is 11.2. The molecule has 0 aromatic heterocycles. The summed E-state index contributed by atoms with van der Waals surface area (Å²) in [6, 6.07) is 24.7. The molecule has 202 valence electrons. The van der Waals surface area contributed by atoms with Gasteiger partial charge in [-0.15, -0.1) is 0 Å². The molecule has 39 heavy (non-hydrogen) atoms. The van der Waals surface area contributed by atoms with Crippen LogP contribution in [0.2, 0.25) is 0 Å². The van der Waals surface area contributed by atoms with E-state index in [-0.39, 0.29) is 24.0 Å². The van der Waals surface area contributed by atoms with Gasteiger partial charge in [0, 0.05) is 23.5 Å². The molecule has 1 amide bonds.